The number of aryl methyl sites for hydroxylation is 1. The average Bonchev–Trinajstić information content (AvgIpc) is 2.69. The molecule has 28 heavy (non-hydrogen) atoms. The van der Waals surface area contributed by atoms with Gasteiger partial charge in [0.15, 0.2) is 11.6 Å². The number of hydrogen-bond acceptors (Lipinski definition) is 1. The third-order valence-electron chi connectivity index (χ3n) is 5.84. The monoisotopic (exact) mass is 390 g/mol. The van der Waals surface area contributed by atoms with Crippen molar-refractivity contribution in [3.05, 3.63) is 64.5 Å². The number of halogens is 3. The van der Waals surface area contributed by atoms with Crippen LogP contribution >= 0.6 is 0 Å². The minimum atomic E-state index is -0.888. The van der Waals surface area contributed by atoms with E-state index < -0.39 is 11.6 Å². The molecule has 1 saturated carbocycles. The molecule has 0 aliphatic heterocycles. The van der Waals surface area contributed by atoms with Crippen LogP contribution in [0.15, 0.2) is 30.3 Å². The summed E-state index contributed by atoms with van der Waals surface area (Å²) in [6, 6.07) is 8.56. The largest absolute Gasteiger partial charge is 0.490 e. The van der Waals surface area contributed by atoms with Gasteiger partial charge in [-0.2, -0.15) is 4.39 Å². The van der Waals surface area contributed by atoms with Crippen LogP contribution in [-0.2, 0) is 0 Å². The Morgan fingerprint density at radius 1 is 0.857 bits per heavy atom. The van der Waals surface area contributed by atoms with Crippen LogP contribution in [0.25, 0.3) is 0 Å². The van der Waals surface area contributed by atoms with E-state index >= 15 is 0 Å². The van der Waals surface area contributed by atoms with Gasteiger partial charge in [0.25, 0.3) is 0 Å². The molecule has 0 amide bonds. The summed E-state index contributed by atoms with van der Waals surface area (Å²) in [5, 5.41) is 0. The molecule has 2 aromatic rings. The van der Waals surface area contributed by atoms with Crippen molar-refractivity contribution in [2.24, 2.45) is 0 Å². The first-order chi connectivity index (χ1) is 13.5. The molecule has 0 unspecified atom stereocenters. The lowest BCUT2D eigenvalue weighted by atomic mass is 9.76. The van der Waals surface area contributed by atoms with Gasteiger partial charge in [0, 0.05) is 0 Å². The molecular formula is C24H29F3O. The van der Waals surface area contributed by atoms with E-state index in [9.17, 15) is 13.2 Å². The lowest BCUT2D eigenvalue weighted by Crippen LogP contribution is -2.15. The second-order valence-corrected chi connectivity index (χ2v) is 7.91. The maximum atomic E-state index is 14.6. The van der Waals surface area contributed by atoms with E-state index in [0.29, 0.717) is 12.2 Å². The number of unbranched alkanes of at least 4 members (excludes halogenated alkanes) is 2. The maximum absolute atomic E-state index is 14.6. The first kappa shape index (κ1) is 20.8. The van der Waals surface area contributed by atoms with E-state index in [1.807, 2.05) is 19.1 Å². The van der Waals surface area contributed by atoms with Crippen LogP contribution in [-0.4, -0.2) is 6.61 Å². The summed E-state index contributed by atoms with van der Waals surface area (Å²) in [5.74, 6) is -1.74. The second kappa shape index (κ2) is 9.49. The number of benzene rings is 2. The van der Waals surface area contributed by atoms with Crippen molar-refractivity contribution >= 4 is 0 Å². The first-order valence-corrected chi connectivity index (χ1v) is 10.4. The number of hydrogen-bond donors (Lipinski definition) is 0. The van der Waals surface area contributed by atoms with Crippen LogP contribution in [0.2, 0.25) is 0 Å². The number of ether oxygens (including phenoxy) is 1. The van der Waals surface area contributed by atoms with Crippen molar-refractivity contribution in [3.8, 4) is 5.75 Å². The average molecular weight is 390 g/mol. The van der Waals surface area contributed by atoms with Crippen molar-refractivity contribution in [2.45, 2.75) is 70.6 Å². The molecule has 0 spiro atoms. The molecule has 1 fully saturated rings. The van der Waals surface area contributed by atoms with Crippen molar-refractivity contribution in [3.63, 3.8) is 0 Å². The van der Waals surface area contributed by atoms with Gasteiger partial charge in [-0.1, -0.05) is 38.0 Å². The van der Waals surface area contributed by atoms with Crippen LogP contribution in [0.1, 0.15) is 80.4 Å². The molecular weight excluding hydrogens is 361 g/mol. The SMILES string of the molecule is CCCCCOc1ccc(C2CCC(c3ccc(C)cc3F)CC2)c(F)c1F. The van der Waals surface area contributed by atoms with E-state index in [-0.39, 0.29) is 23.4 Å². The van der Waals surface area contributed by atoms with Gasteiger partial charge in [-0.05, 0) is 79.7 Å². The smallest absolute Gasteiger partial charge is 0.200 e. The van der Waals surface area contributed by atoms with Crippen LogP contribution in [0.4, 0.5) is 13.2 Å². The molecule has 0 N–H and O–H groups in total. The van der Waals surface area contributed by atoms with Crippen molar-refractivity contribution in [1.29, 1.82) is 0 Å². The highest BCUT2D eigenvalue weighted by atomic mass is 19.2. The summed E-state index contributed by atoms with van der Waals surface area (Å²) in [7, 11) is 0. The van der Waals surface area contributed by atoms with Crippen LogP contribution < -0.4 is 4.74 Å². The highest BCUT2D eigenvalue weighted by Gasteiger charge is 2.28. The fourth-order valence-corrected chi connectivity index (χ4v) is 4.19. The molecule has 4 heteroatoms. The van der Waals surface area contributed by atoms with Gasteiger partial charge in [-0.15, -0.1) is 0 Å². The summed E-state index contributed by atoms with van der Waals surface area (Å²) in [6.07, 6.45) is 5.90. The van der Waals surface area contributed by atoms with Gasteiger partial charge in [-0.25, -0.2) is 8.78 Å². The Balaban J connectivity index is 1.64. The Hall–Kier alpha value is -1.97. The molecule has 1 aliphatic carbocycles. The predicted octanol–water partition coefficient (Wildman–Crippen LogP) is 7.42. The summed E-state index contributed by atoms with van der Waals surface area (Å²) < 4.78 is 48.7. The van der Waals surface area contributed by atoms with Crippen LogP contribution in [0, 0.1) is 24.4 Å². The highest BCUT2D eigenvalue weighted by Crippen LogP contribution is 2.42. The van der Waals surface area contributed by atoms with Gasteiger partial charge < -0.3 is 4.74 Å². The summed E-state index contributed by atoms with van der Waals surface area (Å²) in [5.41, 5.74) is 2.07. The summed E-state index contributed by atoms with van der Waals surface area (Å²) in [4.78, 5) is 0. The molecule has 152 valence electrons. The Morgan fingerprint density at radius 2 is 1.50 bits per heavy atom. The Labute approximate surface area is 165 Å². The zero-order chi connectivity index (χ0) is 20.1. The fourth-order valence-electron chi connectivity index (χ4n) is 4.19. The van der Waals surface area contributed by atoms with Crippen molar-refractivity contribution < 1.29 is 17.9 Å². The second-order valence-electron chi connectivity index (χ2n) is 7.91. The fraction of sp³-hybridized carbons (Fsp3) is 0.500. The predicted molar refractivity (Wildman–Crippen MR) is 106 cm³/mol. The normalized spacial score (nSPS) is 19.6. The maximum Gasteiger partial charge on any atom is 0.200 e. The van der Waals surface area contributed by atoms with Crippen LogP contribution in [0.3, 0.4) is 0 Å². The van der Waals surface area contributed by atoms with Gasteiger partial charge in [0.2, 0.25) is 5.82 Å². The van der Waals surface area contributed by atoms with Crippen LogP contribution in [0.5, 0.6) is 5.75 Å². The molecule has 0 saturated heterocycles. The van der Waals surface area contributed by atoms with E-state index in [4.69, 9.17) is 4.74 Å². The quantitative estimate of drug-likeness (QED) is 0.447. The first-order valence-electron chi connectivity index (χ1n) is 10.4. The van der Waals surface area contributed by atoms with E-state index in [0.717, 1.165) is 56.1 Å². The van der Waals surface area contributed by atoms with Gasteiger partial charge in [-0.3, -0.25) is 0 Å². The molecule has 3 rings (SSSR count). The van der Waals surface area contributed by atoms with Gasteiger partial charge in [0.05, 0.1) is 6.61 Å². The van der Waals surface area contributed by atoms with E-state index in [1.165, 1.54) is 0 Å². The molecule has 0 bridgehead atoms. The molecule has 1 nitrogen and oxygen atoms in total. The molecule has 0 atom stereocenters. The van der Waals surface area contributed by atoms with E-state index in [1.54, 1.807) is 18.2 Å². The Kier molecular flexibility index (Phi) is 7.03. The molecule has 1 aliphatic rings. The van der Waals surface area contributed by atoms with E-state index in [2.05, 4.69) is 6.92 Å². The molecule has 0 heterocycles. The van der Waals surface area contributed by atoms with Crippen molar-refractivity contribution in [1.82, 2.24) is 0 Å². The number of rotatable bonds is 7. The lowest BCUT2D eigenvalue weighted by molar-refractivity contribution is 0.284. The summed E-state index contributed by atoms with van der Waals surface area (Å²) in [6.45, 7) is 4.35. The Morgan fingerprint density at radius 3 is 2.14 bits per heavy atom. The van der Waals surface area contributed by atoms with Gasteiger partial charge in [0.1, 0.15) is 5.82 Å². The Bertz CT molecular complexity index is 795. The zero-order valence-electron chi connectivity index (χ0n) is 16.7. The standard InChI is InChI=1S/C24H29F3O/c1-3-4-5-14-28-22-13-12-20(23(26)24(22)27)18-9-7-17(8-10-18)19-11-6-16(2)15-21(19)25/h6,11-13,15,17-18H,3-5,7-10,14H2,1-2H3. The third kappa shape index (κ3) is 4.71. The van der Waals surface area contributed by atoms with Gasteiger partial charge >= 0.3 is 0 Å². The minimum absolute atomic E-state index is 0.00670. The zero-order valence-corrected chi connectivity index (χ0v) is 16.7. The minimum Gasteiger partial charge on any atom is -0.490 e. The third-order valence-corrected chi connectivity index (χ3v) is 5.84. The van der Waals surface area contributed by atoms with Crippen molar-refractivity contribution in [2.75, 3.05) is 6.61 Å². The topological polar surface area (TPSA) is 9.23 Å². The highest BCUT2D eigenvalue weighted by molar-refractivity contribution is 5.34. The molecule has 0 aromatic heterocycles. The summed E-state index contributed by atoms with van der Waals surface area (Å²) >= 11 is 0. The molecule has 2 aromatic carbocycles. The lowest BCUT2D eigenvalue weighted by Gasteiger charge is -2.29. The molecule has 0 radical (unpaired) electrons.